The third-order valence-corrected chi connectivity index (χ3v) is 3.21. The summed E-state index contributed by atoms with van der Waals surface area (Å²) in [6.45, 7) is 0.512. The standard InChI is InChI=1S/C13H11BrClN/c14-11-3-1-2-10(7-11)12-5-4-9(8-16)6-13(12)15/h1-7H,8,16H2. The van der Waals surface area contributed by atoms with Gasteiger partial charge in [0.2, 0.25) is 0 Å². The fraction of sp³-hybridized carbons (Fsp3) is 0.0769. The van der Waals surface area contributed by atoms with Crippen LogP contribution in [0.25, 0.3) is 11.1 Å². The van der Waals surface area contributed by atoms with Gasteiger partial charge in [0.15, 0.2) is 0 Å². The molecule has 82 valence electrons. The first-order chi connectivity index (χ1) is 7.70. The van der Waals surface area contributed by atoms with Crippen LogP contribution in [-0.4, -0.2) is 0 Å². The Bertz CT molecular complexity index is 511. The maximum atomic E-state index is 6.22. The van der Waals surface area contributed by atoms with Gasteiger partial charge >= 0.3 is 0 Å². The number of hydrogen-bond acceptors (Lipinski definition) is 1. The lowest BCUT2D eigenvalue weighted by Crippen LogP contribution is -1.95. The van der Waals surface area contributed by atoms with Gasteiger partial charge < -0.3 is 5.73 Å². The van der Waals surface area contributed by atoms with Crippen molar-refractivity contribution in [2.75, 3.05) is 0 Å². The molecule has 0 saturated heterocycles. The number of benzene rings is 2. The zero-order valence-corrected chi connectivity index (χ0v) is 10.9. The predicted octanol–water partition coefficient (Wildman–Crippen LogP) is 4.23. The minimum atomic E-state index is 0.512. The molecule has 0 aliphatic rings. The van der Waals surface area contributed by atoms with Gasteiger partial charge in [-0.15, -0.1) is 0 Å². The summed E-state index contributed by atoms with van der Waals surface area (Å²) in [5, 5.41) is 0.737. The molecule has 2 N–H and O–H groups in total. The van der Waals surface area contributed by atoms with Crippen LogP contribution in [0.1, 0.15) is 5.56 Å². The topological polar surface area (TPSA) is 26.0 Å². The van der Waals surface area contributed by atoms with Crippen LogP contribution in [0.5, 0.6) is 0 Å². The molecule has 0 aliphatic heterocycles. The van der Waals surface area contributed by atoms with Crippen LogP contribution in [0.4, 0.5) is 0 Å². The van der Waals surface area contributed by atoms with Crippen molar-refractivity contribution in [3.8, 4) is 11.1 Å². The molecule has 0 unspecified atom stereocenters. The van der Waals surface area contributed by atoms with E-state index in [-0.39, 0.29) is 0 Å². The Kier molecular flexibility index (Phi) is 3.64. The van der Waals surface area contributed by atoms with Crippen LogP contribution in [0.15, 0.2) is 46.9 Å². The zero-order valence-electron chi connectivity index (χ0n) is 8.58. The SMILES string of the molecule is NCc1ccc(-c2cccc(Br)c2)c(Cl)c1. The van der Waals surface area contributed by atoms with Gasteiger partial charge in [0.05, 0.1) is 0 Å². The number of rotatable bonds is 2. The molecule has 0 aliphatic carbocycles. The number of nitrogens with two attached hydrogens (primary N) is 1. The van der Waals surface area contributed by atoms with Crippen LogP contribution in [-0.2, 0) is 6.54 Å². The molecule has 0 saturated carbocycles. The highest BCUT2D eigenvalue weighted by Gasteiger charge is 2.04. The Morgan fingerprint density at radius 3 is 2.56 bits per heavy atom. The van der Waals surface area contributed by atoms with Crippen LogP contribution in [0, 0.1) is 0 Å². The lowest BCUT2D eigenvalue weighted by molar-refractivity contribution is 1.07. The summed E-state index contributed by atoms with van der Waals surface area (Å²) >= 11 is 9.67. The molecule has 1 nitrogen and oxygen atoms in total. The first-order valence-electron chi connectivity index (χ1n) is 4.95. The van der Waals surface area contributed by atoms with E-state index in [0.29, 0.717) is 6.54 Å². The van der Waals surface area contributed by atoms with Gasteiger partial charge in [0.25, 0.3) is 0 Å². The molecule has 0 spiro atoms. The minimum absolute atomic E-state index is 0.512. The van der Waals surface area contributed by atoms with E-state index < -0.39 is 0 Å². The summed E-state index contributed by atoms with van der Waals surface area (Å²) in [4.78, 5) is 0. The van der Waals surface area contributed by atoms with Gasteiger partial charge in [-0.3, -0.25) is 0 Å². The first-order valence-corrected chi connectivity index (χ1v) is 6.12. The maximum absolute atomic E-state index is 6.22. The van der Waals surface area contributed by atoms with Crippen LogP contribution < -0.4 is 5.73 Å². The molecule has 2 aromatic rings. The largest absolute Gasteiger partial charge is 0.326 e. The van der Waals surface area contributed by atoms with Crippen molar-refractivity contribution in [3.63, 3.8) is 0 Å². The average Bonchev–Trinajstić information content (AvgIpc) is 2.28. The highest BCUT2D eigenvalue weighted by atomic mass is 79.9. The maximum Gasteiger partial charge on any atom is 0.0487 e. The Balaban J connectivity index is 2.48. The Morgan fingerprint density at radius 1 is 1.12 bits per heavy atom. The van der Waals surface area contributed by atoms with Crippen LogP contribution in [0.3, 0.4) is 0 Å². The van der Waals surface area contributed by atoms with Gasteiger partial charge in [-0.2, -0.15) is 0 Å². The molecular formula is C13H11BrClN. The molecule has 2 aromatic carbocycles. The smallest absolute Gasteiger partial charge is 0.0487 e. The fourth-order valence-corrected chi connectivity index (χ4v) is 2.29. The molecule has 0 bridgehead atoms. The van der Waals surface area contributed by atoms with Crippen molar-refractivity contribution in [1.82, 2.24) is 0 Å². The third kappa shape index (κ3) is 2.46. The molecule has 3 heteroatoms. The summed E-state index contributed by atoms with van der Waals surface area (Å²) in [5.41, 5.74) is 8.74. The van der Waals surface area contributed by atoms with Gasteiger partial charge in [0.1, 0.15) is 0 Å². The van der Waals surface area contributed by atoms with Crippen molar-refractivity contribution >= 4 is 27.5 Å². The lowest BCUT2D eigenvalue weighted by Gasteiger charge is -2.06. The highest BCUT2D eigenvalue weighted by molar-refractivity contribution is 9.10. The normalized spacial score (nSPS) is 10.4. The quantitative estimate of drug-likeness (QED) is 0.882. The summed E-state index contributed by atoms with van der Waals surface area (Å²) in [5.74, 6) is 0. The van der Waals surface area contributed by atoms with Gasteiger partial charge in [0, 0.05) is 21.6 Å². The molecule has 2 rings (SSSR count). The zero-order chi connectivity index (χ0) is 11.5. The van der Waals surface area contributed by atoms with Crippen molar-refractivity contribution < 1.29 is 0 Å². The molecule has 0 heterocycles. The highest BCUT2D eigenvalue weighted by Crippen LogP contribution is 2.30. The number of hydrogen-bond donors (Lipinski definition) is 1. The fourth-order valence-electron chi connectivity index (χ4n) is 1.58. The van der Waals surface area contributed by atoms with Crippen molar-refractivity contribution in [2.45, 2.75) is 6.54 Å². The van der Waals surface area contributed by atoms with E-state index in [2.05, 4.69) is 15.9 Å². The van der Waals surface area contributed by atoms with E-state index in [1.165, 1.54) is 0 Å². The second kappa shape index (κ2) is 5.00. The first kappa shape index (κ1) is 11.6. The molecule has 0 fully saturated rings. The summed E-state index contributed by atoms with van der Waals surface area (Å²) in [7, 11) is 0. The predicted molar refractivity (Wildman–Crippen MR) is 72.5 cm³/mol. The monoisotopic (exact) mass is 295 g/mol. The molecular weight excluding hydrogens is 286 g/mol. The van der Waals surface area contributed by atoms with Gasteiger partial charge in [-0.25, -0.2) is 0 Å². The average molecular weight is 297 g/mol. The van der Waals surface area contributed by atoms with E-state index in [1.54, 1.807) is 0 Å². The second-order valence-corrected chi connectivity index (χ2v) is 4.85. The van der Waals surface area contributed by atoms with E-state index in [1.807, 2.05) is 42.5 Å². The molecule has 16 heavy (non-hydrogen) atoms. The minimum Gasteiger partial charge on any atom is -0.326 e. The van der Waals surface area contributed by atoms with E-state index in [4.69, 9.17) is 17.3 Å². The van der Waals surface area contributed by atoms with Gasteiger partial charge in [-0.05, 0) is 29.3 Å². The van der Waals surface area contributed by atoms with Crippen molar-refractivity contribution in [3.05, 3.63) is 57.5 Å². The van der Waals surface area contributed by atoms with E-state index >= 15 is 0 Å². The molecule has 0 aromatic heterocycles. The number of halogens is 2. The summed E-state index contributed by atoms with van der Waals surface area (Å²) in [6, 6.07) is 14.0. The van der Waals surface area contributed by atoms with Crippen molar-refractivity contribution in [2.24, 2.45) is 5.73 Å². The molecule has 0 atom stereocenters. The molecule has 0 amide bonds. The Morgan fingerprint density at radius 2 is 1.94 bits per heavy atom. The van der Waals surface area contributed by atoms with Crippen LogP contribution in [0.2, 0.25) is 5.02 Å². The van der Waals surface area contributed by atoms with Crippen molar-refractivity contribution in [1.29, 1.82) is 0 Å². The Labute approximate surface area is 108 Å². The second-order valence-electron chi connectivity index (χ2n) is 3.53. The van der Waals surface area contributed by atoms with Gasteiger partial charge in [-0.1, -0.05) is 51.8 Å². The van der Waals surface area contributed by atoms with Crippen LogP contribution >= 0.6 is 27.5 Å². The summed E-state index contributed by atoms with van der Waals surface area (Å²) < 4.78 is 1.05. The third-order valence-electron chi connectivity index (χ3n) is 2.40. The molecule has 0 radical (unpaired) electrons. The summed E-state index contributed by atoms with van der Waals surface area (Å²) in [6.07, 6.45) is 0. The van der Waals surface area contributed by atoms with E-state index in [9.17, 15) is 0 Å². The lowest BCUT2D eigenvalue weighted by atomic mass is 10.0. The van der Waals surface area contributed by atoms with E-state index in [0.717, 1.165) is 26.2 Å². The Hall–Kier alpha value is -0.830.